The van der Waals surface area contributed by atoms with Crippen molar-refractivity contribution in [3.05, 3.63) is 71.2 Å². The summed E-state index contributed by atoms with van der Waals surface area (Å²) in [5.74, 6) is 0.244. The van der Waals surface area contributed by atoms with Gasteiger partial charge in [-0.15, -0.1) is 0 Å². The summed E-state index contributed by atoms with van der Waals surface area (Å²) in [6, 6.07) is 12.6. The Morgan fingerprint density at radius 3 is 2.45 bits per heavy atom. The van der Waals surface area contributed by atoms with Crippen molar-refractivity contribution in [1.29, 1.82) is 0 Å². The molecule has 0 bridgehead atoms. The van der Waals surface area contributed by atoms with Gasteiger partial charge in [0.1, 0.15) is 11.3 Å². The van der Waals surface area contributed by atoms with Crippen molar-refractivity contribution in [3.8, 4) is 0 Å². The molecule has 0 aliphatic carbocycles. The number of imidazole rings is 1. The molecule has 1 fully saturated rings. The highest BCUT2D eigenvalue weighted by Crippen LogP contribution is 2.30. The number of rotatable bonds is 3. The lowest BCUT2D eigenvalue weighted by molar-refractivity contribution is -0.137. The zero-order valence-electron chi connectivity index (χ0n) is 16.1. The number of hydrogen-bond acceptors (Lipinski definition) is 2. The Balaban J connectivity index is 1.51. The van der Waals surface area contributed by atoms with E-state index in [1.807, 2.05) is 18.2 Å². The number of halogens is 3. The highest BCUT2D eigenvalue weighted by Gasteiger charge is 2.32. The average molecular weight is 401 g/mol. The molecule has 0 radical (unpaired) electrons. The van der Waals surface area contributed by atoms with E-state index in [9.17, 15) is 18.0 Å². The molecule has 3 heterocycles. The van der Waals surface area contributed by atoms with E-state index in [4.69, 9.17) is 0 Å². The number of aryl methyl sites for hydroxylation is 1. The van der Waals surface area contributed by atoms with E-state index in [2.05, 4.69) is 17.1 Å². The second-order valence-corrected chi connectivity index (χ2v) is 7.61. The van der Waals surface area contributed by atoms with Gasteiger partial charge in [-0.25, -0.2) is 4.98 Å². The molecule has 0 atom stereocenters. The molecule has 4 rings (SSSR count). The molecule has 1 amide bonds. The minimum absolute atomic E-state index is 0.215. The van der Waals surface area contributed by atoms with Gasteiger partial charge in [0.25, 0.3) is 5.91 Å². The van der Waals surface area contributed by atoms with Gasteiger partial charge < -0.3 is 4.90 Å². The minimum Gasteiger partial charge on any atom is -0.337 e. The normalized spacial score (nSPS) is 15.8. The van der Waals surface area contributed by atoms with Gasteiger partial charge in [0.05, 0.1) is 11.3 Å². The first-order valence-electron chi connectivity index (χ1n) is 9.72. The van der Waals surface area contributed by atoms with E-state index in [1.165, 1.54) is 16.0 Å². The van der Waals surface area contributed by atoms with Crippen LogP contribution in [0.2, 0.25) is 0 Å². The summed E-state index contributed by atoms with van der Waals surface area (Å²) in [6.07, 6.45) is -0.770. The molecule has 0 saturated carbocycles. The van der Waals surface area contributed by atoms with E-state index < -0.39 is 11.7 Å². The number of piperidine rings is 1. The Morgan fingerprint density at radius 2 is 1.79 bits per heavy atom. The Morgan fingerprint density at radius 1 is 1.10 bits per heavy atom. The number of carbonyl (C=O) groups is 1. The van der Waals surface area contributed by atoms with Crippen LogP contribution < -0.4 is 0 Å². The lowest BCUT2D eigenvalue weighted by atomic mass is 9.90. The van der Waals surface area contributed by atoms with Gasteiger partial charge in [-0.3, -0.25) is 9.20 Å². The van der Waals surface area contributed by atoms with Crippen LogP contribution >= 0.6 is 0 Å². The second kappa shape index (κ2) is 7.54. The zero-order chi connectivity index (χ0) is 20.6. The van der Waals surface area contributed by atoms with E-state index in [0.29, 0.717) is 30.3 Å². The molecule has 29 heavy (non-hydrogen) atoms. The predicted octanol–water partition coefficient (Wildman–Crippen LogP) is 4.76. The van der Waals surface area contributed by atoms with Crippen molar-refractivity contribution >= 4 is 11.6 Å². The molecule has 0 unspecified atom stereocenters. The predicted molar refractivity (Wildman–Crippen MR) is 104 cm³/mol. The van der Waals surface area contributed by atoms with Crippen LogP contribution in [0.3, 0.4) is 0 Å². The fraction of sp³-hybridized carbons (Fsp3) is 0.364. The van der Waals surface area contributed by atoms with Gasteiger partial charge in [0, 0.05) is 19.3 Å². The molecule has 2 aromatic heterocycles. The summed E-state index contributed by atoms with van der Waals surface area (Å²) in [7, 11) is 0. The number of carbonyl (C=O) groups excluding carboxylic acids is 1. The smallest absolute Gasteiger partial charge is 0.337 e. The molecule has 0 spiro atoms. The van der Waals surface area contributed by atoms with Crippen LogP contribution in [0.15, 0.2) is 48.7 Å². The van der Waals surface area contributed by atoms with Gasteiger partial charge in [0.15, 0.2) is 0 Å². The summed E-state index contributed by atoms with van der Waals surface area (Å²) in [5, 5.41) is 0. The van der Waals surface area contributed by atoms with Crippen LogP contribution in [0, 0.1) is 12.8 Å². The molecule has 4 nitrogen and oxygen atoms in total. The molecule has 1 saturated heterocycles. The van der Waals surface area contributed by atoms with E-state index in [1.54, 1.807) is 11.8 Å². The Kier molecular flexibility index (Phi) is 5.06. The fourth-order valence-electron chi connectivity index (χ4n) is 4.03. The number of fused-ring (bicyclic) bond motifs is 1. The van der Waals surface area contributed by atoms with Crippen LogP contribution in [-0.2, 0) is 12.6 Å². The number of pyridine rings is 1. The summed E-state index contributed by atoms with van der Waals surface area (Å²) in [5.41, 5.74) is 1.50. The number of amides is 1. The van der Waals surface area contributed by atoms with Gasteiger partial charge in [-0.2, -0.15) is 13.2 Å². The minimum atomic E-state index is -4.47. The zero-order valence-corrected chi connectivity index (χ0v) is 16.1. The van der Waals surface area contributed by atoms with Gasteiger partial charge in [0.2, 0.25) is 0 Å². The highest BCUT2D eigenvalue weighted by molar-refractivity contribution is 5.94. The topological polar surface area (TPSA) is 37.6 Å². The number of hydrogen-bond donors (Lipinski definition) is 0. The van der Waals surface area contributed by atoms with Crippen LogP contribution in [-0.4, -0.2) is 33.3 Å². The third-order valence-corrected chi connectivity index (χ3v) is 5.59. The van der Waals surface area contributed by atoms with Gasteiger partial charge >= 0.3 is 6.18 Å². The maximum atomic E-state index is 13.1. The summed E-state index contributed by atoms with van der Waals surface area (Å²) in [6.45, 7) is 2.86. The molecule has 7 heteroatoms. The quantitative estimate of drug-likeness (QED) is 0.635. The monoisotopic (exact) mass is 401 g/mol. The van der Waals surface area contributed by atoms with Crippen LogP contribution in [0.5, 0.6) is 0 Å². The molecule has 3 aromatic rings. The van der Waals surface area contributed by atoms with Crippen LogP contribution in [0.4, 0.5) is 13.2 Å². The SMILES string of the molecule is Cc1nc2ccc(C(F)(F)F)cn2c1C(=O)N1CCC(Cc2ccccc2)CC1. The third kappa shape index (κ3) is 3.99. The van der Waals surface area contributed by atoms with Crippen molar-refractivity contribution in [3.63, 3.8) is 0 Å². The first-order chi connectivity index (χ1) is 13.8. The Hall–Kier alpha value is -2.83. The summed E-state index contributed by atoms with van der Waals surface area (Å²) in [4.78, 5) is 19.1. The first-order valence-corrected chi connectivity index (χ1v) is 9.72. The number of benzene rings is 1. The fourth-order valence-corrected chi connectivity index (χ4v) is 4.03. The van der Waals surface area contributed by atoms with Crippen molar-refractivity contribution in [2.75, 3.05) is 13.1 Å². The van der Waals surface area contributed by atoms with Gasteiger partial charge in [-0.05, 0) is 49.8 Å². The summed E-state index contributed by atoms with van der Waals surface area (Å²) < 4.78 is 40.6. The first kappa shape index (κ1) is 19.5. The van der Waals surface area contributed by atoms with Gasteiger partial charge in [-0.1, -0.05) is 30.3 Å². The average Bonchev–Trinajstić information content (AvgIpc) is 3.03. The van der Waals surface area contributed by atoms with Crippen molar-refractivity contribution in [2.45, 2.75) is 32.4 Å². The molecule has 152 valence electrons. The van der Waals surface area contributed by atoms with E-state index >= 15 is 0 Å². The largest absolute Gasteiger partial charge is 0.417 e. The number of aromatic nitrogens is 2. The maximum absolute atomic E-state index is 13.1. The Labute approximate surface area is 167 Å². The van der Waals surface area contributed by atoms with Crippen molar-refractivity contribution < 1.29 is 18.0 Å². The second-order valence-electron chi connectivity index (χ2n) is 7.61. The van der Waals surface area contributed by atoms with Crippen molar-refractivity contribution in [2.24, 2.45) is 5.92 Å². The van der Waals surface area contributed by atoms with Crippen LogP contribution in [0.1, 0.15) is 40.2 Å². The summed E-state index contributed by atoms with van der Waals surface area (Å²) >= 11 is 0. The lowest BCUT2D eigenvalue weighted by Gasteiger charge is -2.32. The standard InChI is InChI=1S/C22H22F3N3O/c1-15-20(28-14-18(22(23,24)25)7-8-19(28)26-15)21(29)27-11-9-17(10-12-27)13-16-5-3-2-4-6-16/h2-8,14,17H,9-13H2,1H3. The van der Waals surface area contributed by atoms with Crippen LogP contribution in [0.25, 0.3) is 5.65 Å². The third-order valence-electron chi connectivity index (χ3n) is 5.59. The number of nitrogens with zero attached hydrogens (tertiary/aromatic N) is 3. The molecular formula is C22H22F3N3O. The number of alkyl halides is 3. The maximum Gasteiger partial charge on any atom is 0.417 e. The van der Waals surface area contributed by atoms with E-state index in [0.717, 1.165) is 31.5 Å². The molecule has 1 aromatic carbocycles. The Bertz CT molecular complexity index is 1020. The molecular weight excluding hydrogens is 379 g/mol. The number of likely N-dealkylation sites (tertiary alicyclic amines) is 1. The molecule has 1 aliphatic rings. The van der Waals surface area contributed by atoms with E-state index in [-0.39, 0.29) is 11.6 Å². The molecule has 0 N–H and O–H groups in total. The molecule has 1 aliphatic heterocycles. The van der Waals surface area contributed by atoms with Crippen molar-refractivity contribution in [1.82, 2.24) is 14.3 Å². The highest BCUT2D eigenvalue weighted by atomic mass is 19.4. The lowest BCUT2D eigenvalue weighted by Crippen LogP contribution is -2.39.